The summed E-state index contributed by atoms with van der Waals surface area (Å²) in [4.78, 5) is 31.8. The maximum atomic E-state index is 13.2. The molecule has 3 aromatic carbocycles. The van der Waals surface area contributed by atoms with Crippen LogP contribution < -0.4 is 4.74 Å². The topological polar surface area (TPSA) is 100.0 Å². The molecule has 0 unspecified atom stereocenters. The third kappa shape index (κ3) is 4.99. The number of ether oxygens (including phenoxy) is 1. The number of ketones is 1. The van der Waals surface area contributed by atoms with Crippen molar-refractivity contribution < 1.29 is 24.5 Å². The molecule has 1 aromatic heterocycles. The Morgan fingerprint density at radius 1 is 0.947 bits per heavy atom. The molecule has 5 rings (SSSR count). The molecule has 1 amide bonds. The molecule has 1 aliphatic rings. The summed E-state index contributed by atoms with van der Waals surface area (Å²) in [5.41, 5.74) is 3.83. The highest BCUT2D eigenvalue weighted by Gasteiger charge is 2.46. The van der Waals surface area contributed by atoms with E-state index in [9.17, 15) is 19.8 Å². The van der Waals surface area contributed by atoms with E-state index in [-0.39, 0.29) is 23.6 Å². The number of aromatic nitrogens is 1. The zero-order chi connectivity index (χ0) is 26.6. The molecule has 0 bridgehead atoms. The smallest absolute Gasteiger partial charge is 0.295 e. The normalized spacial score (nSPS) is 16.6. The van der Waals surface area contributed by atoms with E-state index in [0.29, 0.717) is 23.5 Å². The lowest BCUT2D eigenvalue weighted by Crippen LogP contribution is -2.29. The third-order valence-corrected chi connectivity index (χ3v) is 6.61. The second-order valence-corrected chi connectivity index (χ2v) is 9.12. The number of benzene rings is 3. The first kappa shape index (κ1) is 24.8. The second kappa shape index (κ2) is 10.6. The minimum Gasteiger partial charge on any atom is -0.508 e. The van der Waals surface area contributed by atoms with Crippen LogP contribution in [0.2, 0.25) is 0 Å². The Morgan fingerprint density at radius 2 is 1.68 bits per heavy atom. The summed E-state index contributed by atoms with van der Waals surface area (Å²) in [7, 11) is 0. The van der Waals surface area contributed by atoms with Crippen molar-refractivity contribution in [1.82, 2.24) is 9.88 Å². The fourth-order valence-electron chi connectivity index (χ4n) is 4.57. The molecule has 38 heavy (non-hydrogen) atoms. The summed E-state index contributed by atoms with van der Waals surface area (Å²) in [5, 5.41) is 21.4. The minimum absolute atomic E-state index is 0.00727. The van der Waals surface area contributed by atoms with Crippen molar-refractivity contribution in [2.24, 2.45) is 0 Å². The molecule has 1 atom stereocenters. The molecule has 4 aromatic rings. The van der Waals surface area contributed by atoms with E-state index < -0.39 is 17.7 Å². The number of likely N-dealkylation sites (tertiary alicyclic amines) is 1. The monoisotopic (exact) mass is 506 g/mol. The van der Waals surface area contributed by atoms with Gasteiger partial charge in [-0.05, 0) is 77.7 Å². The predicted molar refractivity (Wildman–Crippen MR) is 142 cm³/mol. The van der Waals surface area contributed by atoms with Crippen LogP contribution in [0.15, 0.2) is 103 Å². The summed E-state index contributed by atoms with van der Waals surface area (Å²) >= 11 is 0. The van der Waals surface area contributed by atoms with E-state index >= 15 is 0 Å². The zero-order valence-corrected chi connectivity index (χ0v) is 20.7. The van der Waals surface area contributed by atoms with Crippen molar-refractivity contribution in [3.05, 3.63) is 131 Å². The van der Waals surface area contributed by atoms with Crippen LogP contribution in [-0.2, 0) is 22.7 Å². The number of pyridine rings is 1. The van der Waals surface area contributed by atoms with Gasteiger partial charge in [0, 0.05) is 24.5 Å². The first-order valence-electron chi connectivity index (χ1n) is 12.2. The van der Waals surface area contributed by atoms with Crippen molar-refractivity contribution in [3.63, 3.8) is 0 Å². The first-order chi connectivity index (χ1) is 18.4. The van der Waals surface area contributed by atoms with Crippen molar-refractivity contribution in [2.45, 2.75) is 26.1 Å². The quantitative estimate of drug-likeness (QED) is 0.201. The third-order valence-electron chi connectivity index (χ3n) is 6.61. The summed E-state index contributed by atoms with van der Waals surface area (Å²) in [5.74, 6) is -1.21. The number of aryl methyl sites for hydroxylation is 1. The van der Waals surface area contributed by atoms with Crippen molar-refractivity contribution in [1.29, 1.82) is 0 Å². The molecular formula is C31H26N2O5. The lowest BCUT2D eigenvalue weighted by molar-refractivity contribution is -0.140. The molecule has 0 saturated carbocycles. The van der Waals surface area contributed by atoms with E-state index in [0.717, 1.165) is 16.7 Å². The molecule has 190 valence electrons. The predicted octanol–water partition coefficient (Wildman–Crippen LogP) is 5.30. The number of hydrogen-bond donors (Lipinski definition) is 2. The molecule has 7 heteroatoms. The van der Waals surface area contributed by atoms with Gasteiger partial charge in [0.2, 0.25) is 0 Å². The number of aliphatic hydroxyl groups excluding tert-OH is 1. The number of carbonyl (C=O) groups excluding carboxylic acids is 2. The fourth-order valence-corrected chi connectivity index (χ4v) is 4.57. The van der Waals surface area contributed by atoms with Crippen molar-refractivity contribution in [3.8, 4) is 11.5 Å². The van der Waals surface area contributed by atoms with Gasteiger partial charge in [-0.25, -0.2) is 0 Å². The summed E-state index contributed by atoms with van der Waals surface area (Å²) in [6.07, 6.45) is 3.22. The van der Waals surface area contributed by atoms with Crippen LogP contribution in [-0.4, -0.2) is 31.8 Å². The molecule has 0 aliphatic carbocycles. The standard InChI is InChI=1S/C31H26N2O5/c1-20-5-2-3-6-24(20)19-38-26-11-9-22(10-12-26)29(35)27-28(23-7-4-8-25(34)17-23)33(31(37)30(27)36)18-21-13-15-32-16-14-21/h2-17,28,34-35H,18-19H2,1H3/t28-/m0/s1. The zero-order valence-electron chi connectivity index (χ0n) is 20.7. The van der Waals surface area contributed by atoms with Crippen LogP contribution in [0.4, 0.5) is 0 Å². The van der Waals surface area contributed by atoms with Crippen LogP contribution in [0.1, 0.15) is 33.9 Å². The Kier molecular flexibility index (Phi) is 6.91. The Bertz CT molecular complexity index is 1510. The Labute approximate surface area is 220 Å². The number of amides is 1. The van der Waals surface area contributed by atoms with Crippen LogP contribution in [0, 0.1) is 6.92 Å². The van der Waals surface area contributed by atoms with E-state index in [1.54, 1.807) is 60.9 Å². The highest BCUT2D eigenvalue weighted by Crippen LogP contribution is 2.41. The van der Waals surface area contributed by atoms with Gasteiger partial charge in [0.15, 0.2) is 0 Å². The molecule has 2 N–H and O–H groups in total. The van der Waals surface area contributed by atoms with Gasteiger partial charge < -0.3 is 19.8 Å². The minimum atomic E-state index is -0.882. The van der Waals surface area contributed by atoms with Gasteiger partial charge in [-0.1, -0.05) is 36.4 Å². The van der Waals surface area contributed by atoms with E-state index in [2.05, 4.69) is 4.98 Å². The molecule has 0 radical (unpaired) electrons. The number of hydrogen-bond acceptors (Lipinski definition) is 6. The number of Topliss-reactive ketones (excluding diaryl/α,β-unsaturated/α-hetero) is 1. The number of nitrogens with zero attached hydrogens (tertiary/aromatic N) is 2. The largest absolute Gasteiger partial charge is 0.508 e. The van der Waals surface area contributed by atoms with Gasteiger partial charge in [0.1, 0.15) is 23.9 Å². The fraction of sp³-hybridized carbons (Fsp3) is 0.129. The number of aromatic hydroxyl groups is 1. The molecule has 2 heterocycles. The molecule has 1 saturated heterocycles. The average molecular weight is 507 g/mol. The first-order valence-corrected chi connectivity index (χ1v) is 12.2. The number of carbonyl (C=O) groups is 2. The van der Waals surface area contributed by atoms with Crippen molar-refractivity contribution >= 4 is 17.4 Å². The number of rotatable bonds is 7. The van der Waals surface area contributed by atoms with Gasteiger partial charge in [-0.15, -0.1) is 0 Å². The van der Waals surface area contributed by atoms with Crippen LogP contribution in [0.3, 0.4) is 0 Å². The van der Waals surface area contributed by atoms with E-state index in [1.165, 1.54) is 17.0 Å². The number of aliphatic hydroxyl groups is 1. The van der Waals surface area contributed by atoms with Crippen molar-refractivity contribution in [2.75, 3.05) is 0 Å². The lowest BCUT2D eigenvalue weighted by Gasteiger charge is -2.25. The highest BCUT2D eigenvalue weighted by molar-refractivity contribution is 6.46. The molecule has 7 nitrogen and oxygen atoms in total. The summed E-state index contributed by atoms with van der Waals surface area (Å²) < 4.78 is 5.90. The maximum absolute atomic E-state index is 13.2. The summed E-state index contributed by atoms with van der Waals surface area (Å²) in [6.45, 7) is 2.55. The van der Waals surface area contributed by atoms with Gasteiger partial charge >= 0.3 is 0 Å². The summed E-state index contributed by atoms with van der Waals surface area (Å²) in [6, 6.07) is 23.7. The van der Waals surface area contributed by atoms with E-state index in [4.69, 9.17) is 4.74 Å². The van der Waals surface area contributed by atoms with Gasteiger partial charge in [-0.3, -0.25) is 14.6 Å². The van der Waals surface area contributed by atoms with Gasteiger partial charge in [0.05, 0.1) is 11.6 Å². The SMILES string of the molecule is Cc1ccccc1COc1ccc(C(O)=C2C(=O)C(=O)N(Cc3ccncc3)[C@H]2c2cccc(O)c2)cc1. The van der Waals surface area contributed by atoms with Crippen LogP contribution in [0.25, 0.3) is 5.76 Å². The Morgan fingerprint density at radius 3 is 2.39 bits per heavy atom. The van der Waals surface area contributed by atoms with Gasteiger partial charge in [0.25, 0.3) is 11.7 Å². The van der Waals surface area contributed by atoms with Gasteiger partial charge in [-0.2, -0.15) is 0 Å². The molecule has 1 fully saturated rings. The second-order valence-electron chi connectivity index (χ2n) is 9.12. The van der Waals surface area contributed by atoms with E-state index in [1.807, 2.05) is 31.2 Å². The Hall–Kier alpha value is -4.91. The molecule has 0 spiro atoms. The maximum Gasteiger partial charge on any atom is 0.295 e. The molecule has 1 aliphatic heterocycles. The molecular weight excluding hydrogens is 480 g/mol. The van der Waals surface area contributed by atoms with Crippen LogP contribution >= 0.6 is 0 Å². The average Bonchev–Trinajstić information content (AvgIpc) is 3.18. The number of phenols is 1. The highest BCUT2D eigenvalue weighted by atomic mass is 16.5. The van der Waals surface area contributed by atoms with Crippen LogP contribution in [0.5, 0.6) is 11.5 Å². The number of phenolic OH excluding ortho intramolecular Hbond substituents is 1. The lowest BCUT2D eigenvalue weighted by atomic mass is 9.95. The Balaban J connectivity index is 1.48.